The molecule has 0 aliphatic heterocycles. The zero-order valence-corrected chi connectivity index (χ0v) is 17.2. The first-order valence-corrected chi connectivity index (χ1v) is 9.82. The third-order valence-electron chi connectivity index (χ3n) is 4.67. The number of benzene rings is 3. The van der Waals surface area contributed by atoms with Gasteiger partial charge in [0.1, 0.15) is 11.6 Å². The van der Waals surface area contributed by atoms with Crippen molar-refractivity contribution in [3.63, 3.8) is 0 Å². The molecule has 1 unspecified atom stereocenters. The van der Waals surface area contributed by atoms with Gasteiger partial charge in [0.25, 0.3) is 11.8 Å². The molecule has 0 spiro atoms. The minimum absolute atomic E-state index is 0.230. The summed E-state index contributed by atoms with van der Waals surface area (Å²) in [6, 6.07) is 16.8. The number of hydrogen-bond acceptors (Lipinski definition) is 3. The molecule has 0 aliphatic carbocycles. The molecule has 1 atom stereocenters. The lowest BCUT2D eigenvalue weighted by atomic mass is 10.1. The average Bonchev–Trinajstić information content (AvgIpc) is 2.78. The maximum absolute atomic E-state index is 13.0. The summed E-state index contributed by atoms with van der Waals surface area (Å²) in [5.41, 5.74) is 1.93. The summed E-state index contributed by atoms with van der Waals surface area (Å²) in [4.78, 5) is 36.3. The predicted molar refractivity (Wildman–Crippen MR) is 116 cm³/mol. The normalized spacial score (nSPS) is 11.3. The van der Waals surface area contributed by atoms with Crippen LogP contribution in [0.3, 0.4) is 0 Å². The maximum atomic E-state index is 13.0. The molecule has 0 aliphatic rings. The Labute approximate surface area is 183 Å². The van der Waals surface area contributed by atoms with Gasteiger partial charge in [0.05, 0.1) is 12.6 Å². The monoisotopic (exact) mass is 437 g/mol. The lowest BCUT2D eigenvalue weighted by Gasteiger charge is -2.15. The number of nitrogens with one attached hydrogen (secondary N) is 3. The fourth-order valence-electron chi connectivity index (χ4n) is 2.90. The number of halogens is 2. The van der Waals surface area contributed by atoms with Crippen molar-refractivity contribution in [2.45, 2.75) is 13.0 Å². The molecule has 0 fully saturated rings. The SMILES string of the molecule is CC(NC(=O)CNC(=O)c1ccc(F)cc1)c1ccc(NC(=O)c2ccc(F)cc2)cc1. The van der Waals surface area contributed by atoms with Crippen LogP contribution in [0.15, 0.2) is 72.8 Å². The summed E-state index contributed by atoms with van der Waals surface area (Å²) in [5.74, 6) is -2.10. The fraction of sp³-hybridized carbons (Fsp3) is 0.125. The minimum Gasteiger partial charge on any atom is -0.348 e. The van der Waals surface area contributed by atoms with Gasteiger partial charge in [-0.15, -0.1) is 0 Å². The van der Waals surface area contributed by atoms with Crippen LogP contribution >= 0.6 is 0 Å². The van der Waals surface area contributed by atoms with Gasteiger partial charge >= 0.3 is 0 Å². The first kappa shape index (κ1) is 22.6. The van der Waals surface area contributed by atoms with E-state index in [1.807, 2.05) is 0 Å². The Kier molecular flexibility index (Phi) is 7.28. The summed E-state index contributed by atoms with van der Waals surface area (Å²) in [6.07, 6.45) is 0. The van der Waals surface area contributed by atoms with Crippen LogP contribution in [0.4, 0.5) is 14.5 Å². The van der Waals surface area contributed by atoms with Crippen LogP contribution in [-0.2, 0) is 4.79 Å². The predicted octanol–water partition coefficient (Wildman–Crippen LogP) is 3.82. The van der Waals surface area contributed by atoms with Crippen molar-refractivity contribution in [1.29, 1.82) is 0 Å². The van der Waals surface area contributed by atoms with Crippen molar-refractivity contribution in [1.82, 2.24) is 10.6 Å². The molecule has 3 rings (SSSR count). The Bertz CT molecular complexity index is 1100. The number of carbonyl (C=O) groups is 3. The van der Waals surface area contributed by atoms with E-state index in [2.05, 4.69) is 16.0 Å². The second-order valence-electron chi connectivity index (χ2n) is 7.06. The molecule has 0 saturated heterocycles. The van der Waals surface area contributed by atoms with Crippen molar-refractivity contribution in [3.8, 4) is 0 Å². The second-order valence-corrected chi connectivity index (χ2v) is 7.06. The van der Waals surface area contributed by atoms with Crippen LogP contribution in [-0.4, -0.2) is 24.3 Å². The highest BCUT2D eigenvalue weighted by Crippen LogP contribution is 2.17. The lowest BCUT2D eigenvalue weighted by molar-refractivity contribution is -0.120. The largest absolute Gasteiger partial charge is 0.348 e. The van der Waals surface area contributed by atoms with Crippen LogP contribution in [0.2, 0.25) is 0 Å². The van der Waals surface area contributed by atoms with Gasteiger partial charge in [-0.05, 0) is 73.2 Å². The van der Waals surface area contributed by atoms with Crippen molar-refractivity contribution >= 4 is 23.4 Å². The van der Waals surface area contributed by atoms with Crippen LogP contribution in [0.1, 0.15) is 39.2 Å². The van der Waals surface area contributed by atoms with E-state index in [-0.39, 0.29) is 30.0 Å². The molecule has 0 aromatic heterocycles. The third-order valence-corrected chi connectivity index (χ3v) is 4.67. The van der Waals surface area contributed by atoms with E-state index in [1.54, 1.807) is 31.2 Å². The topological polar surface area (TPSA) is 87.3 Å². The summed E-state index contributed by atoms with van der Waals surface area (Å²) in [7, 11) is 0. The van der Waals surface area contributed by atoms with Crippen molar-refractivity contribution in [2.24, 2.45) is 0 Å². The standard InChI is InChI=1S/C24H21F2N3O3/c1-15(28-22(30)14-27-23(31)17-2-8-19(25)9-3-17)16-6-12-21(13-7-16)29-24(32)18-4-10-20(26)11-5-18/h2-13,15H,14H2,1H3,(H,27,31)(H,28,30)(H,29,32). The molecule has 0 heterocycles. The summed E-state index contributed by atoms with van der Waals surface area (Å²) >= 11 is 0. The molecule has 8 heteroatoms. The summed E-state index contributed by atoms with van der Waals surface area (Å²) < 4.78 is 25.9. The van der Waals surface area contributed by atoms with Gasteiger partial charge in [-0.3, -0.25) is 14.4 Å². The maximum Gasteiger partial charge on any atom is 0.255 e. The minimum atomic E-state index is -0.478. The highest BCUT2D eigenvalue weighted by Gasteiger charge is 2.12. The average molecular weight is 437 g/mol. The van der Waals surface area contributed by atoms with Gasteiger partial charge < -0.3 is 16.0 Å². The molecule has 3 aromatic rings. The Hall–Kier alpha value is -4.07. The summed E-state index contributed by atoms with van der Waals surface area (Å²) in [6.45, 7) is 1.55. The first-order chi connectivity index (χ1) is 15.3. The Morgan fingerprint density at radius 1 is 0.750 bits per heavy atom. The Balaban J connectivity index is 1.49. The molecule has 0 bridgehead atoms. The smallest absolute Gasteiger partial charge is 0.255 e. The zero-order valence-electron chi connectivity index (χ0n) is 17.2. The van der Waals surface area contributed by atoms with Crippen molar-refractivity contribution in [3.05, 3.63) is 101 Å². The van der Waals surface area contributed by atoms with E-state index < -0.39 is 17.5 Å². The molecular formula is C24H21F2N3O3. The number of amides is 3. The molecule has 32 heavy (non-hydrogen) atoms. The molecule has 3 aromatic carbocycles. The van der Waals surface area contributed by atoms with Gasteiger partial charge in [0.15, 0.2) is 0 Å². The van der Waals surface area contributed by atoms with Crippen molar-refractivity contribution < 1.29 is 23.2 Å². The third kappa shape index (κ3) is 6.21. The molecule has 3 amide bonds. The van der Waals surface area contributed by atoms with E-state index in [1.165, 1.54) is 48.5 Å². The van der Waals surface area contributed by atoms with Crippen molar-refractivity contribution in [2.75, 3.05) is 11.9 Å². The van der Waals surface area contributed by atoms with E-state index in [0.717, 1.165) is 5.56 Å². The lowest BCUT2D eigenvalue weighted by Crippen LogP contribution is -2.38. The van der Waals surface area contributed by atoms with E-state index >= 15 is 0 Å². The number of rotatable bonds is 7. The van der Waals surface area contributed by atoms with Crippen LogP contribution < -0.4 is 16.0 Å². The molecule has 6 nitrogen and oxygen atoms in total. The van der Waals surface area contributed by atoms with Crippen LogP contribution in [0.25, 0.3) is 0 Å². The number of carbonyl (C=O) groups excluding carboxylic acids is 3. The molecule has 0 saturated carbocycles. The van der Waals surface area contributed by atoms with Gasteiger partial charge in [-0.2, -0.15) is 0 Å². The Morgan fingerprint density at radius 3 is 1.78 bits per heavy atom. The molecule has 164 valence electrons. The molecular weight excluding hydrogens is 416 g/mol. The first-order valence-electron chi connectivity index (χ1n) is 9.82. The van der Waals surface area contributed by atoms with Gasteiger partial charge in [0, 0.05) is 16.8 Å². The molecule has 0 radical (unpaired) electrons. The van der Waals surface area contributed by atoms with E-state index in [4.69, 9.17) is 0 Å². The Morgan fingerprint density at radius 2 is 1.25 bits per heavy atom. The highest BCUT2D eigenvalue weighted by atomic mass is 19.1. The molecule has 3 N–H and O–H groups in total. The zero-order chi connectivity index (χ0) is 23.1. The van der Waals surface area contributed by atoms with E-state index in [0.29, 0.717) is 11.3 Å². The van der Waals surface area contributed by atoms with E-state index in [9.17, 15) is 23.2 Å². The van der Waals surface area contributed by atoms with Gasteiger partial charge in [0.2, 0.25) is 5.91 Å². The quantitative estimate of drug-likeness (QED) is 0.525. The highest BCUT2D eigenvalue weighted by molar-refractivity contribution is 6.04. The number of anilines is 1. The fourth-order valence-corrected chi connectivity index (χ4v) is 2.90. The number of hydrogen-bond donors (Lipinski definition) is 3. The van der Waals surface area contributed by atoms with Gasteiger partial charge in [-0.25, -0.2) is 8.78 Å². The van der Waals surface area contributed by atoms with Crippen LogP contribution in [0, 0.1) is 11.6 Å². The van der Waals surface area contributed by atoms with Crippen LogP contribution in [0.5, 0.6) is 0 Å². The van der Waals surface area contributed by atoms with Gasteiger partial charge in [-0.1, -0.05) is 12.1 Å². The summed E-state index contributed by atoms with van der Waals surface area (Å²) in [5, 5.41) is 7.96. The second kappa shape index (κ2) is 10.3.